The Morgan fingerprint density at radius 1 is 1.12 bits per heavy atom. The lowest BCUT2D eigenvalue weighted by Crippen LogP contribution is -2.35. The molecule has 10 heteroatoms. The highest BCUT2D eigenvalue weighted by molar-refractivity contribution is 5.65. The van der Waals surface area contributed by atoms with E-state index in [2.05, 4.69) is 20.1 Å². The molecule has 1 atom stereocenters. The van der Waals surface area contributed by atoms with E-state index in [0.717, 1.165) is 29.6 Å². The summed E-state index contributed by atoms with van der Waals surface area (Å²) in [7, 11) is 1.55. The van der Waals surface area contributed by atoms with Crippen LogP contribution in [-0.2, 0) is 12.1 Å². The Labute approximate surface area is 194 Å². The van der Waals surface area contributed by atoms with Crippen molar-refractivity contribution in [3.05, 3.63) is 83.1 Å². The number of hydrogen-bond donors (Lipinski definition) is 1. The van der Waals surface area contributed by atoms with Gasteiger partial charge in [-0.25, -0.2) is 28.4 Å². The number of hydrogen-bond acceptors (Lipinski definition) is 6. The topological polar surface area (TPSA) is 90.9 Å². The number of halogens is 2. The van der Waals surface area contributed by atoms with Crippen molar-refractivity contribution < 1.29 is 18.6 Å². The Bertz CT molecular complexity index is 1380. The first-order chi connectivity index (χ1) is 16.4. The highest BCUT2D eigenvalue weighted by Crippen LogP contribution is 2.37. The Morgan fingerprint density at radius 2 is 1.91 bits per heavy atom. The van der Waals surface area contributed by atoms with E-state index in [1.54, 1.807) is 30.3 Å². The SMILES string of the molecule is COc1nc(/C=C/c2nc3n(n2)CCC[C@]3(O)c2cc(F)cc(F)c2)ccc1-n1cnc(C)c1. The van der Waals surface area contributed by atoms with Gasteiger partial charge in [-0.2, -0.15) is 5.10 Å². The summed E-state index contributed by atoms with van der Waals surface area (Å²) < 4.78 is 36.5. The lowest BCUT2D eigenvalue weighted by Gasteiger charge is -2.31. The molecule has 0 amide bonds. The lowest BCUT2D eigenvalue weighted by molar-refractivity contribution is 0.0389. The summed E-state index contributed by atoms with van der Waals surface area (Å²) in [5.41, 5.74) is 0.732. The summed E-state index contributed by atoms with van der Waals surface area (Å²) in [5.74, 6) is -0.481. The number of aryl methyl sites for hydroxylation is 2. The van der Waals surface area contributed by atoms with Crippen LogP contribution in [0.5, 0.6) is 5.88 Å². The third kappa shape index (κ3) is 3.96. The summed E-state index contributed by atoms with van der Waals surface area (Å²) in [6, 6.07) is 6.72. The minimum Gasteiger partial charge on any atom is -0.479 e. The van der Waals surface area contributed by atoms with Crippen LogP contribution in [0.4, 0.5) is 8.78 Å². The molecule has 0 spiro atoms. The van der Waals surface area contributed by atoms with E-state index in [-0.39, 0.29) is 17.8 Å². The van der Waals surface area contributed by atoms with E-state index in [9.17, 15) is 13.9 Å². The van der Waals surface area contributed by atoms with E-state index in [0.29, 0.717) is 30.4 Å². The Kier molecular flexibility index (Phi) is 5.45. The standard InChI is InChI=1S/C24H22F2N6O2/c1-15-13-31(14-27-15)20-6-4-19(28-22(20)34-2)5-7-21-29-23-24(33,8-3-9-32(23)30-21)16-10-17(25)12-18(26)11-16/h4-7,10-14,33H,3,8-9H2,1-2H3/b7-5+/t24-/m0/s1. The minimum absolute atomic E-state index is 0.116. The second-order valence-corrected chi connectivity index (χ2v) is 8.16. The van der Waals surface area contributed by atoms with Crippen LogP contribution in [0.3, 0.4) is 0 Å². The molecule has 8 nitrogen and oxygen atoms in total. The molecule has 174 valence electrons. The van der Waals surface area contributed by atoms with Crippen LogP contribution in [0.2, 0.25) is 0 Å². The maximum atomic E-state index is 13.8. The molecule has 0 bridgehead atoms. The minimum atomic E-state index is -1.63. The number of benzene rings is 1. The van der Waals surface area contributed by atoms with Crippen molar-refractivity contribution in [1.82, 2.24) is 29.3 Å². The van der Waals surface area contributed by atoms with Crippen LogP contribution in [0.15, 0.2) is 42.9 Å². The molecule has 0 fully saturated rings. The van der Waals surface area contributed by atoms with Crippen LogP contribution in [0.1, 0.15) is 41.4 Å². The number of imidazole rings is 1. The number of pyridine rings is 1. The molecular weight excluding hydrogens is 442 g/mol. The molecule has 1 N–H and O–H groups in total. The van der Waals surface area contributed by atoms with Crippen LogP contribution in [0.25, 0.3) is 17.8 Å². The van der Waals surface area contributed by atoms with Crippen LogP contribution >= 0.6 is 0 Å². The molecule has 1 aliphatic rings. The number of aromatic nitrogens is 6. The molecule has 4 aromatic rings. The first-order valence-electron chi connectivity index (χ1n) is 10.7. The summed E-state index contributed by atoms with van der Waals surface area (Å²) in [5, 5.41) is 15.8. The summed E-state index contributed by atoms with van der Waals surface area (Å²) in [4.78, 5) is 13.2. The van der Waals surface area contributed by atoms with Gasteiger partial charge in [0.15, 0.2) is 11.6 Å². The van der Waals surface area contributed by atoms with Gasteiger partial charge in [0, 0.05) is 18.8 Å². The predicted octanol–water partition coefficient (Wildman–Crippen LogP) is 3.65. The number of rotatable bonds is 5. The molecule has 1 aliphatic heterocycles. The van der Waals surface area contributed by atoms with E-state index in [1.807, 2.05) is 29.8 Å². The highest BCUT2D eigenvalue weighted by atomic mass is 19.1. The predicted molar refractivity (Wildman–Crippen MR) is 120 cm³/mol. The van der Waals surface area contributed by atoms with Crippen molar-refractivity contribution in [2.24, 2.45) is 0 Å². The first kappa shape index (κ1) is 21.9. The molecule has 5 rings (SSSR count). The maximum absolute atomic E-state index is 13.8. The van der Waals surface area contributed by atoms with Crippen LogP contribution in [0, 0.1) is 18.6 Å². The molecule has 0 saturated heterocycles. The van der Waals surface area contributed by atoms with Crippen molar-refractivity contribution in [2.75, 3.05) is 7.11 Å². The molecule has 0 unspecified atom stereocenters. The first-order valence-corrected chi connectivity index (χ1v) is 10.7. The zero-order valence-electron chi connectivity index (χ0n) is 18.6. The van der Waals surface area contributed by atoms with Gasteiger partial charge < -0.3 is 14.4 Å². The van der Waals surface area contributed by atoms with Crippen molar-refractivity contribution >= 4 is 12.2 Å². The molecule has 0 aliphatic carbocycles. The average Bonchev–Trinajstić information content (AvgIpc) is 3.44. The maximum Gasteiger partial charge on any atom is 0.238 e. The average molecular weight is 464 g/mol. The summed E-state index contributed by atoms with van der Waals surface area (Å²) in [6.45, 7) is 2.44. The van der Waals surface area contributed by atoms with Crippen molar-refractivity contribution in [2.45, 2.75) is 31.9 Å². The second-order valence-electron chi connectivity index (χ2n) is 8.16. The molecule has 34 heavy (non-hydrogen) atoms. The fourth-order valence-corrected chi connectivity index (χ4v) is 4.15. The molecule has 0 saturated carbocycles. The zero-order valence-corrected chi connectivity index (χ0v) is 18.6. The highest BCUT2D eigenvalue weighted by Gasteiger charge is 2.40. The normalized spacial score (nSPS) is 17.8. The third-order valence-corrected chi connectivity index (χ3v) is 5.75. The second kappa shape index (κ2) is 8.45. The Hall–Kier alpha value is -3.92. The van der Waals surface area contributed by atoms with E-state index < -0.39 is 17.2 Å². The smallest absolute Gasteiger partial charge is 0.238 e. The van der Waals surface area contributed by atoms with Gasteiger partial charge in [0.1, 0.15) is 22.9 Å². The van der Waals surface area contributed by atoms with Gasteiger partial charge in [-0.05, 0) is 61.7 Å². The molecule has 4 heterocycles. The number of aliphatic hydroxyl groups is 1. The Balaban J connectivity index is 1.45. The van der Waals surface area contributed by atoms with Gasteiger partial charge in [0.2, 0.25) is 5.88 Å². The zero-order chi connectivity index (χ0) is 23.9. The van der Waals surface area contributed by atoms with Crippen LogP contribution in [-0.4, -0.2) is 41.5 Å². The number of ether oxygens (including phenoxy) is 1. The van der Waals surface area contributed by atoms with Gasteiger partial charge >= 0.3 is 0 Å². The van der Waals surface area contributed by atoms with Gasteiger partial charge in [0.25, 0.3) is 0 Å². The molecule has 3 aromatic heterocycles. The van der Waals surface area contributed by atoms with Crippen molar-refractivity contribution in [3.8, 4) is 11.6 Å². The molecule has 0 radical (unpaired) electrons. The summed E-state index contributed by atoms with van der Waals surface area (Å²) >= 11 is 0. The number of methoxy groups -OCH3 is 1. The van der Waals surface area contributed by atoms with Crippen LogP contribution < -0.4 is 4.74 Å². The van der Waals surface area contributed by atoms with Crippen molar-refractivity contribution in [1.29, 1.82) is 0 Å². The van der Waals surface area contributed by atoms with Gasteiger partial charge in [-0.3, -0.25) is 0 Å². The van der Waals surface area contributed by atoms with E-state index >= 15 is 0 Å². The van der Waals surface area contributed by atoms with E-state index in [1.165, 1.54) is 0 Å². The molecule has 1 aromatic carbocycles. The largest absolute Gasteiger partial charge is 0.479 e. The quantitative estimate of drug-likeness (QED) is 0.485. The monoisotopic (exact) mass is 464 g/mol. The summed E-state index contributed by atoms with van der Waals surface area (Å²) in [6.07, 6.45) is 7.83. The Morgan fingerprint density at radius 3 is 2.62 bits per heavy atom. The number of fused-ring (bicyclic) bond motifs is 1. The molecular formula is C24H22F2N6O2. The van der Waals surface area contributed by atoms with E-state index in [4.69, 9.17) is 4.74 Å². The lowest BCUT2D eigenvalue weighted by atomic mass is 9.86. The van der Waals surface area contributed by atoms with Gasteiger partial charge in [0.05, 0.1) is 24.8 Å². The van der Waals surface area contributed by atoms with Gasteiger partial charge in [-0.15, -0.1) is 0 Å². The third-order valence-electron chi connectivity index (χ3n) is 5.75. The van der Waals surface area contributed by atoms with Crippen molar-refractivity contribution in [3.63, 3.8) is 0 Å². The fourth-order valence-electron chi connectivity index (χ4n) is 4.15. The fraction of sp³-hybridized carbons (Fsp3) is 0.250. The number of nitrogens with zero attached hydrogens (tertiary/aromatic N) is 6. The van der Waals surface area contributed by atoms with Gasteiger partial charge in [-0.1, -0.05) is 0 Å².